The number of nitrogens with zero attached hydrogens (tertiary/aromatic N) is 1. The first-order valence-electron chi connectivity index (χ1n) is 5.58. The van der Waals surface area contributed by atoms with Crippen molar-refractivity contribution in [3.05, 3.63) is 45.9 Å². The van der Waals surface area contributed by atoms with Crippen LogP contribution in [0.25, 0.3) is 0 Å². The average Bonchev–Trinajstić information content (AvgIpc) is 2.83. The third-order valence-corrected chi connectivity index (χ3v) is 3.83. The van der Waals surface area contributed by atoms with E-state index < -0.39 is 6.10 Å². The monoisotopic (exact) mass is 247 g/mol. The van der Waals surface area contributed by atoms with Gasteiger partial charge in [0, 0.05) is 23.6 Å². The molecular weight excluding hydrogens is 234 g/mol. The van der Waals surface area contributed by atoms with E-state index in [-0.39, 0.29) is 6.10 Å². The Labute approximate surface area is 104 Å². The van der Waals surface area contributed by atoms with E-state index in [4.69, 9.17) is 4.74 Å². The molecule has 1 aromatic carbocycles. The highest BCUT2D eigenvalue weighted by atomic mass is 32.1. The maximum absolute atomic E-state index is 10.2. The van der Waals surface area contributed by atoms with Crippen LogP contribution in [-0.4, -0.2) is 10.1 Å². The molecule has 88 valence electrons. The Morgan fingerprint density at radius 3 is 3.12 bits per heavy atom. The molecule has 0 fully saturated rings. The Morgan fingerprint density at radius 2 is 2.35 bits per heavy atom. The third kappa shape index (κ3) is 1.94. The first kappa shape index (κ1) is 10.7. The second-order valence-corrected chi connectivity index (χ2v) is 5.20. The number of benzene rings is 1. The molecule has 0 radical (unpaired) electrons. The zero-order valence-corrected chi connectivity index (χ0v) is 10.3. The highest BCUT2D eigenvalue weighted by Gasteiger charge is 2.29. The van der Waals surface area contributed by atoms with E-state index >= 15 is 0 Å². The molecule has 0 aliphatic carbocycles. The van der Waals surface area contributed by atoms with E-state index in [1.807, 2.05) is 30.5 Å². The number of aliphatic hydroxyl groups is 1. The Hall–Kier alpha value is -1.39. The second-order valence-electron chi connectivity index (χ2n) is 4.27. The number of hydrogen-bond donors (Lipinski definition) is 1. The maximum Gasteiger partial charge on any atom is 0.153 e. The van der Waals surface area contributed by atoms with Gasteiger partial charge in [-0.05, 0) is 19.1 Å². The molecule has 0 spiro atoms. The van der Waals surface area contributed by atoms with Crippen LogP contribution in [0.3, 0.4) is 0 Å². The Balaban J connectivity index is 1.96. The van der Waals surface area contributed by atoms with E-state index in [9.17, 15) is 5.11 Å². The van der Waals surface area contributed by atoms with Gasteiger partial charge in [0.15, 0.2) is 6.10 Å². The number of aromatic nitrogens is 1. The SMILES string of the molecule is Cc1ccc2c(c1)C(O)CC(c1nccs1)O2. The van der Waals surface area contributed by atoms with Crippen LogP contribution in [0.1, 0.15) is 34.8 Å². The molecule has 0 amide bonds. The summed E-state index contributed by atoms with van der Waals surface area (Å²) in [7, 11) is 0. The van der Waals surface area contributed by atoms with Crippen molar-refractivity contribution in [2.75, 3.05) is 0 Å². The standard InChI is InChI=1S/C13H13NO2S/c1-8-2-3-11-9(6-8)10(15)7-12(16-11)13-14-4-5-17-13/h2-6,10,12,15H,7H2,1H3. The van der Waals surface area contributed by atoms with E-state index in [0.717, 1.165) is 21.9 Å². The molecular formula is C13H13NO2S. The minimum absolute atomic E-state index is 0.125. The highest BCUT2D eigenvalue weighted by Crippen LogP contribution is 2.41. The number of thiazole rings is 1. The molecule has 2 heterocycles. The van der Waals surface area contributed by atoms with Gasteiger partial charge in [-0.3, -0.25) is 0 Å². The lowest BCUT2D eigenvalue weighted by Gasteiger charge is -2.28. The van der Waals surface area contributed by atoms with Crippen LogP contribution < -0.4 is 4.74 Å². The van der Waals surface area contributed by atoms with Crippen molar-refractivity contribution in [2.24, 2.45) is 0 Å². The van der Waals surface area contributed by atoms with E-state index in [0.29, 0.717) is 6.42 Å². The topological polar surface area (TPSA) is 42.4 Å². The molecule has 0 saturated heterocycles. The zero-order chi connectivity index (χ0) is 11.8. The van der Waals surface area contributed by atoms with Gasteiger partial charge in [-0.25, -0.2) is 4.98 Å². The number of rotatable bonds is 1. The summed E-state index contributed by atoms with van der Waals surface area (Å²) in [6, 6.07) is 5.90. The summed E-state index contributed by atoms with van der Waals surface area (Å²) >= 11 is 1.56. The first-order chi connectivity index (χ1) is 8.24. The highest BCUT2D eigenvalue weighted by molar-refractivity contribution is 7.09. The molecule has 1 aliphatic heterocycles. The van der Waals surface area contributed by atoms with Gasteiger partial charge in [0.25, 0.3) is 0 Å². The van der Waals surface area contributed by atoms with Crippen LogP contribution in [0.5, 0.6) is 5.75 Å². The van der Waals surface area contributed by atoms with Crippen LogP contribution >= 0.6 is 11.3 Å². The molecule has 1 N–H and O–H groups in total. The minimum atomic E-state index is -0.465. The van der Waals surface area contributed by atoms with Gasteiger partial charge in [-0.2, -0.15) is 0 Å². The molecule has 17 heavy (non-hydrogen) atoms. The quantitative estimate of drug-likeness (QED) is 0.842. The lowest BCUT2D eigenvalue weighted by Crippen LogP contribution is -2.18. The van der Waals surface area contributed by atoms with Gasteiger partial charge in [-0.1, -0.05) is 11.6 Å². The smallest absolute Gasteiger partial charge is 0.153 e. The number of hydrogen-bond acceptors (Lipinski definition) is 4. The summed E-state index contributed by atoms with van der Waals surface area (Å²) in [5.41, 5.74) is 2.02. The van der Waals surface area contributed by atoms with E-state index in [1.165, 1.54) is 0 Å². The second kappa shape index (κ2) is 4.13. The van der Waals surface area contributed by atoms with E-state index in [2.05, 4.69) is 4.98 Å². The molecule has 4 heteroatoms. The molecule has 1 aliphatic rings. The van der Waals surface area contributed by atoms with E-state index in [1.54, 1.807) is 17.5 Å². The van der Waals surface area contributed by atoms with Gasteiger partial charge in [0.2, 0.25) is 0 Å². The summed E-state index contributed by atoms with van der Waals surface area (Å²) < 4.78 is 5.89. The van der Waals surface area contributed by atoms with Crippen LogP contribution in [0.4, 0.5) is 0 Å². The summed E-state index contributed by atoms with van der Waals surface area (Å²) in [6.45, 7) is 2.01. The van der Waals surface area contributed by atoms with Gasteiger partial charge < -0.3 is 9.84 Å². The molecule has 0 saturated carbocycles. The minimum Gasteiger partial charge on any atom is -0.483 e. The molecule has 2 aromatic rings. The number of aryl methyl sites for hydroxylation is 1. The molecule has 2 atom stereocenters. The van der Waals surface area contributed by atoms with Gasteiger partial charge in [-0.15, -0.1) is 11.3 Å². The number of fused-ring (bicyclic) bond motifs is 1. The lowest BCUT2D eigenvalue weighted by atomic mass is 9.98. The predicted molar refractivity (Wildman–Crippen MR) is 66.2 cm³/mol. The summed E-state index contributed by atoms with van der Waals surface area (Å²) in [4.78, 5) is 4.25. The Kier molecular flexibility index (Phi) is 2.61. The van der Waals surface area contributed by atoms with Gasteiger partial charge in [0.05, 0.1) is 6.10 Å². The molecule has 0 bridgehead atoms. The summed E-state index contributed by atoms with van der Waals surface area (Å²) in [6.07, 6.45) is 1.75. The number of aliphatic hydroxyl groups excluding tert-OH is 1. The summed E-state index contributed by atoms with van der Waals surface area (Å²) in [5.74, 6) is 0.773. The maximum atomic E-state index is 10.2. The largest absolute Gasteiger partial charge is 0.483 e. The van der Waals surface area contributed by atoms with Crippen LogP contribution in [0.2, 0.25) is 0 Å². The predicted octanol–water partition coefficient (Wildman–Crippen LogP) is 3.01. The fourth-order valence-electron chi connectivity index (χ4n) is 2.11. The fourth-order valence-corrected chi connectivity index (χ4v) is 2.79. The van der Waals surface area contributed by atoms with Crippen molar-refractivity contribution in [1.82, 2.24) is 4.98 Å². The molecule has 2 unspecified atom stereocenters. The molecule has 3 nitrogen and oxygen atoms in total. The van der Waals surface area contributed by atoms with Crippen molar-refractivity contribution < 1.29 is 9.84 Å². The van der Waals surface area contributed by atoms with Crippen LogP contribution in [0, 0.1) is 6.92 Å². The molecule has 3 rings (SSSR count). The normalized spacial score (nSPS) is 22.9. The Bertz CT molecular complexity index is 524. The lowest BCUT2D eigenvalue weighted by molar-refractivity contribution is 0.0655. The van der Waals surface area contributed by atoms with Gasteiger partial charge >= 0.3 is 0 Å². The summed E-state index contributed by atoms with van der Waals surface area (Å²) in [5, 5.41) is 13.0. The third-order valence-electron chi connectivity index (χ3n) is 2.96. The van der Waals surface area contributed by atoms with Crippen molar-refractivity contribution in [3.63, 3.8) is 0 Å². The fraction of sp³-hybridized carbons (Fsp3) is 0.308. The van der Waals surface area contributed by atoms with Crippen molar-refractivity contribution in [3.8, 4) is 5.75 Å². The van der Waals surface area contributed by atoms with Crippen molar-refractivity contribution >= 4 is 11.3 Å². The average molecular weight is 247 g/mol. The zero-order valence-electron chi connectivity index (χ0n) is 9.46. The molecule has 1 aromatic heterocycles. The van der Waals surface area contributed by atoms with Crippen molar-refractivity contribution in [2.45, 2.75) is 25.6 Å². The van der Waals surface area contributed by atoms with Gasteiger partial charge in [0.1, 0.15) is 10.8 Å². The van der Waals surface area contributed by atoms with Crippen LogP contribution in [-0.2, 0) is 0 Å². The Morgan fingerprint density at radius 1 is 1.47 bits per heavy atom. The first-order valence-corrected chi connectivity index (χ1v) is 6.46. The van der Waals surface area contributed by atoms with Crippen molar-refractivity contribution in [1.29, 1.82) is 0 Å². The number of ether oxygens (including phenoxy) is 1. The van der Waals surface area contributed by atoms with Crippen LogP contribution in [0.15, 0.2) is 29.8 Å².